The van der Waals surface area contributed by atoms with E-state index in [0.29, 0.717) is 30.0 Å². The van der Waals surface area contributed by atoms with Gasteiger partial charge in [0.05, 0.1) is 36.0 Å². The van der Waals surface area contributed by atoms with Crippen LogP contribution in [0.25, 0.3) is 10.6 Å². The number of carbonyl (C=O) groups is 1. The van der Waals surface area contributed by atoms with E-state index in [1.54, 1.807) is 25.6 Å². The van der Waals surface area contributed by atoms with E-state index in [9.17, 15) is 4.79 Å². The van der Waals surface area contributed by atoms with Crippen LogP contribution in [-0.4, -0.2) is 31.7 Å². The lowest BCUT2D eigenvalue weighted by Crippen LogP contribution is -2.26. The first-order valence-electron chi connectivity index (χ1n) is 8.63. The fourth-order valence-corrected chi connectivity index (χ4v) is 3.51. The van der Waals surface area contributed by atoms with Crippen molar-refractivity contribution < 1.29 is 14.3 Å². The number of nitrogens with zero attached hydrogens (tertiary/aromatic N) is 1. The molecule has 0 aliphatic heterocycles. The number of pyridine rings is 1. The fourth-order valence-electron chi connectivity index (χ4n) is 2.81. The molecule has 0 aliphatic carbocycles. The van der Waals surface area contributed by atoms with E-state index in [4.69, 9.17) is 9.47 Å². The van der Waals surface area contributed by atoms with Crippen LogP contribution in [0, 0.1) is 6.92 Å². The molecule has 6 heteroatoms. The summed E-state index contributed by atoms with van der Waals surface area (Å²) in [6.45, 7) is 2.39. The lowest BCUT2D eigenvalue weighted by Gasteiger charge is -2.11. The average molecular weight is 382 g/mol. The first-order chi connectivity index (χ1) is 13.1. The Labute approximate surface area is 163 Å². The molecule has 0 unspecified atom stereocenters. The smallest absolute Gasteiger partial charge is 0.253 e. The third-order valence-electron chi connectivity index (χ3n) is 4.25. The van der Waals surface area contributed by atoms with Crippen LogP contribution in [0.3, 0.4) is 0 Å². The highest BCUT2D eigenvalue weighted by molar-refractivity contribution is 7.13. The Bertz CT molecular complexity index is 923. The molecule has 0 radical (unpaired) electrons. The molecule has 1 N–H and O–H groups in total. The molecular weight excluding hydrogens is 360 g/mol. The van der Waals surface area contributed by atoms with Crippen LogP contribution >= 0.6 is 11.3 Å². The Kier molecular flexibility index (Phi) is 6.08. The fraction of sp³-hybridized carbons (Fsp3) is 0.238. The molecule has 0 atom stereocenters. The molecule has 0 saturated carbocycles. The van der Waals surface area contributed by atoms with Gasteiger partial charge in [-0.2, -0.15) is 0 Å². The van der Waals surface area contributed by atoms with E-state index >= 15 is 0 Å². The van der Waals surface area contributed by atoms with Crippen molar-refractivity contribution in [3.8, 4) is 22.1 Å². The highest BCUT2D eigenvalue weighted by Crippen LogP contribution is 2.27. The number of carbonyl (C=O) groups excluding carboxylic acids is 1. The number of hydrogen-bond acceptors (Lipinski definition) is 5. The molecule has 5 nitrogen and oxygen atoms in total. The zero-order valence-corrected chi connectivity index (χ0v) is 16.4. The van der Waals surface area contributed by atoms with Gasteiger partial charge in [0.2, 0.25) is 0 Å². The van der Waals surface area contributed by atoms with Crippen molar-refractivity contribution in [1.29, 1.82) is 0 Å². The van der Waals surface area contributed by atoms with Gasteiger partial charge < -0.3 is 14.8 Å². The predicted octanol–water partition coefficient (Wildman–Crippen LogP) is 4.11. The molecule has 0 fully saturated rings. The van der Waals surface area contributed by atoms with Crippen LogP contribution in [0.4, 0.5) is 0 Å². The minimum absolute atomic E-state index is 0.113. The van der Waals surface area contributed by atoms with E-state index < -0.39 is 0 Å². The number of nitrogens with one attached hydrogen (secondary N) is 1. The lowest BCUT2D eigenvalue weighted by molar-refractivity contribution is 0.0953. The van der Waals surface area contributed by atoms with Crippen LogP contribution in [0.1, 0.15) is 21.6 Å². The summed E-state index contributed by atoms with van der Waals surface area (Å²) in [6.07, 6.45) is 0.700. The summed E-state index contributed by atoms with van der Waals surface area (Å²) >= 11 is 1.63. The second kappa shape index (κ2) is 8.68. The Hall–Kier alpha value is -2.86. The number of aryl methyl sites for hydroxylation is 1. The van der Waals surface area contributed by atoms with Crippen molar-refractivity contribution in [3.63, 3.8) is 0 Å². The minimum atomic E-state index is -0.113. The quantitative estimate of drug-likeness (QED) is 0.668. The third kappa shape index (κ3) is 4.46. The second-order valence-corrected chi connectivity index (χ2v) is 6.95. The number of hydrogen-bond donors (Lipinski definition) is 1. The van der Waals surface area contributed by atoms with Crippen molar-refractivity contribution in [1.82, 2.24) is 10.3 Å². The third-order valence-corrected chi connectivity index (χ3v) is 5.14. The first-order valence-corrected chi connectivity index (χ1v) is 9.51. The number of ether oxygens (including phenoxy) is 2. The molecule has 0 spiro atoms. The highest BCUT2D eigenvalue weighted by atomic mass is 32.1. The van der Waals surface area contributed by atoms with Crippen molar-refractivity contribution in [3.05, 3.63) is 64.7 Å². The molecule has 1 amide bonds. The van der Waals surface area contributed by atoms with Crippen molar-refractivity contribution in [2.45, 2.75) is 13.3 Å². The Morgan fingerprint density at radius 1 is 1.11 bits per heavy atom. The van der Waals surface area contributed by atoms with Gasteiger partial charge in [0.1, 0.15) is 0 Å². The van der Waals surface area contributed by atoms with Crippen LogP contribution < -0.4 is 14.8 Å². The van der Waals surface area contributed by atoms with E-state index in [2.05, 4.69) is 10.3 Å². The standard InChI is InChI=1S/C21H22N2O3S/c1-14-16(7-8-17(23-14)20-5-4-12-27-20)21(24)22-11-10-15-6-9-18(25-2)19(13-15)26-3/h4-9,12-13H,10-11H2,1-3H3,(H,22,24). The molecule has 0 aliphatic rings. The predicted molar refractivity (Wildman–Crippen MR) is 108 cm³/mol. The van der Waals surface area contributed by atoms with E-state index in [-0.39, 0.29) is 5.91 Å². The van der Waals surface area contributed by atoms with Crippen LogP contribution in [-0.2, 0) is 6.42 Å². The summed E-state index contributed by atoms with van der Waals surface area (Å²) < 4.78 is 10.6. The molecule has 27 heavy (non-hydrogen) atoms. The normalized spacial score (nSPS) is 10.5. The molecule has 1 aromatic carbocycles. The number of methoxy groups -OCH3 is 2. The molecule has 140 valence electrons. The molecule has 3 rings (SSSR count). The highest BCUT2D eigenvalue weighted by Gasteiger charge is 2.12. The van der Waals surface area contributed by atoms with Gasteiger partial charge >= 0.3 is 0 Å². The molecule has 2 heterocycles. The van der Waals surface area contributed by atoms with Gasteiger partial charge in [-0.25, -0.2) is 0 Å². The zero-order chi connectivity index (χ0) is 19.2. The number of aromatic nitrogens is 1. The summed E-state index contributed by atoms with van der Waals surface area (Å²) in [5, 5.41) is 4.98. The van der Waals surface area contributed by atoms with Crippen LogP contribution in [0.5, 0.6) is 11.5 Å². The number of rotatable bonds is 7. The number of thiophene rings is 1. The minimum Gasteiger partial charge on any atom is -0.493 e. The van der Waals surface area contributed by atoms with Gasteiger partial charge in [0.15, 0.2) is 11.5 Å². The Morgan fingerprint density at radius 2 is 1.93 bits per heavy atom. The number of benzene rings is 1. The zero-order valence-electron chi connectivity index (χ0n) is 15.6. The van der Waals surface area contributed by atoms with Gasteiger partial charge in [0.25, 0.3) is 5.91 Å². The molecule has 0 bridgehead atoms. The van der Waals surface area contributed by atoms with Crippen molar-refractivity contribution in [2.24, 2.45) is 0 Å². The maximum absolute atomic E-state index is 12.5. The first kappa shape index (κ1) is 18.9. The van der Waals surface area contributed by atoms with E-state index in [1.807, 2.05) is 54.8 Å². The van der Waals surface area contributed by atoms with Crippen LogP contribution in [0.15, 0.2) is 47.8 Å². The summed E-state index contributed by atoms with van der Waals surface area (Å²) in [6, 6.07) is 13.5. The maximum atomic E-state index is 12.5. The van der Waals surface area contributed by atoms with Gasteiger partial charge in [0, 0.05) is 6.54 Å². The molecular formula is C21H22N2O3S. The largest absolute Gasteiger partial charge is 0.493 e. The SMILES string of the molecule is COc1ccc(CCNC(=O)c2ccc(-c3cccs3)nc2C)cc1OC. The van der Waals surface area contributed by atoms with Gasteiger partial charge in [-0.3, -0.25) is 9.78 Å². The summed E-state index contributed by atoms with van der Waals surface area (Å²) in [5.41, 5.74) is 3.28. The van der Waals surface area contributed by atoms with Crippen LogP contribution in [0.2, 0.25) is 0 Å². The van der Waals surface area contributed by atoms with Crippen molar-refractivity contribution in [2.75, 3.05) is 20.8 Å². The Morgan fingerprint density at radius 3 is 2.59 bits per heavy atom. The van der Waals surface area contributed by atoms with Gasteiger partial charge in [-0.15, -0.1) is 11.3 Å². The maximum Gasteiger partial charge on any atom is 0.253 e. The summed E-state index contributed by atoms with van der Waals surface area (Å²) in [7, 11) is 3.22. The molecule has 3 aromatic rings. The lowest BCUT2D eigenvalue weighted by atomic mass is 10.1. The summed E-state index contributed by atoms with van der Waals surface area (Å²) in [4.78, 5) is 18.1. The van der Waals surface area contributed by atoms with Gasteiger partial charge in [-0.05, 0) is 54.6 Å². The average Bonchev–Trinajstić information content (AvgIpc) is 3.22. The topological polar surface area (TPSA) is 60.5 Å². The Balaban J connectivity index is 1.61. The molecule has 2 aromatic heterocycles. The monoisotopic (exact) mass is 382 g/mol. The number of amides is 1. The van der Waals surface area contributed by atoms with E-state index in [1.165, 1.54) is 0 Å². The summed E-state index contributed by atoms with van der Waals surface area (Å²) in [5.74, 6) is 1.27. The van der Waals surface area contributed by atoms with Gasteiger partial charge in [-0.1, -0.05) is 12.1 Å². The van der Waals surface area contributed by atoms with E-state index in [0.717, 1.165) is 21.8 Å². The molecule has 0 saturated heterocycles. The van der Waals surface area contributed by atoms with Crippen molar-refractivity contribution >= 4 is 17.2 Å². The second-order valence-electron chi connectivity index (χ2n) is 6.00.